The molecule has 0 saturated carbocycles. The molecule has 0 spiro atoms. The number of ether oxygens (including phenoxy) is 1. The average Bonchev–Trinajstić information content (AvgIpc) is 2.77. The minimum Gasteiger partial charge on any atom is -0.490 e. The number of amides is 1. The molecule has 4 rings (SSSR count). The zero-order chi connectivity index (χ0) is 22.8. The molecule has 32 heavy (non-hydrogen) atoms. The lowest BCUT2D eigenvalue weighted by Crippen LogP contribution is -2.40. The number of halogens is 1. The molecule has 164 valence electrons. The van der Waals surface area contributed by atoms with Gasteiger partial charge in [-0.15, -0.1) is 0 Å². The second-order valence-electron chi connectivity index (χ2n) is 7.68. The third kappa shape index (κ3) is 4.03. The first-order valence-corrected chi connectivity index (χ1v) is 10.6. The second-order valence-corrected chi connectivity index (χ2v) is 8.12. The van der Waals surface area contributed by atoms with E-state index >= 15 is 0 Å². The monoisotopic (exact) mass is 452 g/mol. The molecular formula is C24H21ClN2O5. The van der Waals surface area contributed by atoms with E-state index in [1.54, 1.807) is 18.2 Å². The molecule has 1 unspecified atom stereocenters. The zero-order valence-corrected chi connectivity index (χ0v) is 18.0. The highest BCUT2D eigenvalue weighted by molar-refractivity contribution is 6.31. The van der Waals surface area contributed by atoms with Gasteiger partial charge in [-0.2, -0.15) is 0 Å². The smallest absolute Gasteiger partial charge is 0.293 e. The molecule has 7 nitrogen and oxygen atoms in total. The van der Waals surface area contributed by atoms with Crippen molar-refractivity contribution in [1.82, 2.24) is 0 Å². The Morgan fingerprint density at radius 1 is 1.19 bits per heavy atom. The summed E-state index contributed by atoms with van der Waals surface area (Å²) in [5.74, 6) is -0.0874. The first-order chi connectivity index (χ1) is 15.4. The highest BCUT2D eigenvalue weighted by Gasteiger charge is 2.41. The lowest BCUT2D eigenvalue weighted by molar-refractivity contribution is -0.384. The number of hydrogen-bond donors (Lipinski definition) is 0. The number of carbonyl (C=O) groups is 2. The predicted molar refractivity (Wildman–Crippen MR) is 121 cm³/mol. The largest absolute Gasteiger partial charge is 0.490 e. The molecule has 0 N–H and O–H groups in total. The average molecular weight is 453 g/mol. The van der Waals surface area contributed by atoms with Crippen molar-refractivity contribution in [2.75, 3.05) is 11.5 Å². The minimum atomic E-state index is -0.544. The molecule has 1 amide bonds. The summed E-state index contributed by atoms with van der Waals surface area (Å²) >= 11 is 6.11. The maximum absolute atomic E-state index is 13.3. The summed E-state index contributed by atoms with van der Waals surface area (Å²) in [6, 6.07) is 11.4. The molecular weight excluding hydrogens is 432 g/mol. The van der Waals surface area contributed by atoms with E-state index in [2.05, 4.69) is 6.58 Å². The van der Waals surface area contributed by atoms with Gasteiger partial charge >= 0.3 is 0 Å². The number of hydrogen-bond acceptors (Lipinski definition) is 5. The van der Waals surface area contributed by atoms with Gasteiger partial charge in [0.25, 0.3) is 5.69 Å². The molecule has 1 heterocycles. The SMILES string of the molecule is C=CCOc1ccc(C2CC(=O)N(c3cc(Cl)ccc3[N+](=O)[O-])C3=C2C(=O)CCC3)cc1. The van der Waals surface area contributed by atoms with Gasteiger partial charge in [0.2, 0.25) is 5.91 Å². The van der Waals surface area contributed by atoms with Crippen LogP contribution in [0.1, 0.15) is 37.2 Å². The molecule has 8 heteroatoms. The van der Waals surface area contributed by atoms with Gasteiger partial charge in [0, 0.05) is 41.1 Å². The van der Waals surface area contributed by atoms with Crippen LogP contribution in [0.5, 0.6) is 5.75 Å². The van der Waals surface area contributed by atoms with Crippen LogP contribution in [0.25, 0.3) is 0 Å². The molecule has 0 aromatic heterocycles. The summed E-state index contributed by atoms with van der Waals surface area (Å²) in [6.45, 7) is 4.00. The standard InChI is InChI=1S/C24H21ClN2O5/c1-2-12-32-17-9-6-15(7-10-17)18-14-23(29)26(20-4-3-5-22(28)24(18)20)21-13-16(25)8-11-19(21)27(30)31/h2,6-11,13,18H,1,3-5,12,14H2. The number of ketones is 1. The quantitative estimate of drug-likeness (QED) is 0.335. The Kier molecular flexibility index (Phi) is 6.10. The van der Waals surface area contributed by atoms with Crippen LogP contribution in [0.2, 0.25) is 5.02 Å². The van der Waals surface area contributed by atoms with Crippen LogP contribution in [-0.2, 0) is 9.59 Å². The van der Waals surface area contributed by atoms with Gasteiger partial charge < -0.3 is 4.74 Å². The van der Waals surface area contributed by atoms with Gasteiger partial charge in [-0.1, -0.05) is 36.4 Å². The maximum Gasteiger partial charge on any atom is 0.293 e. The molecule has 1 aliphatic heterocycles. The van der Waals surface area contributed by atoms with E-state index in [0.717, 1.165) is 5.56 Å². The summed E-state index contributed by atoms with van der Waals surface area (Å²) in [5, 5.41) is 11.9. The van der Waals surface area contributed by atoms with Crippen molar-refractivity contribution in [3.8, 4) is 5.75 Å². The van der Waals surface area contributed by atoms with Crippen LogP contribution < -0.4 is 9.64 Å². The molecule has 2 aromatic carbocycles. The van der Waals surface area contributed by atoms with Crippen molar-refractivity contribution in [3.05, 3.63) is 87.1 Å². The van der Waals surface area contributed by atoms with E-state index in [0.29, 0.717) is 42.9 Å². The summed E-state index contributed by atoms with van der Waals surface area (Å²) in [4.78, 5) is 38.7. The third-order valence-corrected chi connectivity index (χ3v) is 5.94. The van der Waals surface area contributed by atoms with Crippen molar-refractivity contribution >= 4 is 34.7 Å². The van der Waals surface area contributed by atoms with Crippen molar-refractivity contribution < 1.29 is 19.2 Å². The fourth-order valence-corrected chi connectivity index (χ4v) is 4.51. The predicted octanol–water partition coefficient (Wildman–Crippen LogP) is 5.34. The Morgan fingerprint density at radius 2 is 1.94 bits per heavy atom. The van der Waals surface area contributed by atoms with E-state index in [1.165, 1.54) is 23.1 Å². The van der Waals surface area contributed by atoms with Crippen LogP contribution in [0.15, 0.2) is 66.4 Å². The van der Waals surface area contributed by atoms with Gasteiger partial charge in [-0.05, 0) is 42.7 Å². The lowest BCUT2D eigenvalue weighted by atomic mass is 9.77. The van der Waals surface area contributed by atoms with E-state index in [-0.39, 0.29) is 34.5 Å². The Morgan fingerprint density at radius 3 is 2.62 bits per heavy atom. The van der Waals surface area contributed by atoms with Gasteiger partial charge in [0.15, 0.2) is 5.78 Å². The number of nitro benzene ring substituents is 1. The van der Waals surface area contributed by atoms with Gasteiger partial charge in [0.1, 0.15) is 18.0 Å². The molecule has 1 aliphatic carbocycles. The van der Waals surface area contributed by atoms with Crippen LogP contribution in [0, 0.1) is 10.1 Å². The van der Waals surface area contributed by atoms with Gasteiger partial charge in [-0.25, -0.2) is 0 Å². The van der Waals surface area contributed by atoms with Gasteiger partial charge in [0.05, 0.1) is 4.92 Å². The van der Waals surface area contributed by atoms with E-state index in [9.17, 15) is 19.7 Å². The van der Waals surface area contributed by atoms with Crippen molar-refractivity contribution in [2.45, 2.75) is 31.6 Å². The molecule has 2 aromatic rings. The number of Topliss-reactive ketones (excluding diaryl/α,β-unsaturated/α-hetero) is 1. The Balaban J connectivity index is 1.81. The maximum atomic E-state index is 13.3. The number of carbonyl (C=O) groups excluding carboxylic acids is 2. The van der Waals surface area contributed by atoms with E-state index in [1.807, 2.05) is 12.1 Å². The number of benzene rings is 2. The topological polar surface area (TPSA) is 89.8 Å². The molecule has 0 radical (unpaired) electrons. The number of allylic oxidation sites excluding steroid dienone is 2. The number of nitro groups is 1. The first-order valence-electron chi connectivity index (χ1n) is 10.3. The molecule has 0 saturated heterocycles. The number of nitrogens with zero attached hydrogens (tertiary/aromatic N) is 2. The fourth-order valence-electron chi connectivity index (χ4n) is 4.34. The molecule has 1 atom stereocenters. The summed E-state index contributed by atoms with van der Waals surface area (Å²) in [6.07, 6.45) is 3.12. The number of rotatable bonds is 6. The highest BCUT2D eigenvalue weighted by Crippen LogP contribution is 2.45. The first kappa shape index (κ1) is 21.8. The van der Waals surface area contributed by atoms with Crippen LogP contribution >= 0.6 is 11.6 Å². The second kappa shape index (κ2) is 8.96. The Hall–Kier alpha value is -3.45. The number of anilines is 1. The van der Waals surface area contributed by atoms with Crippen LogP contribution in [0.4, 0.5) is 11.4 Å². The molecule has 0 fully saturated rings. The molecule has 2 aliphatic rings. The van der Waals surface area contributed by atoms with Crippen LogP contribution in [0.3, 0.4) is 0 Å². The fraction of sp³-hybridized carbons (Fsp3) is 0.250. The Bertz CT molecular complexity index is 1140. The molecule has 0 bridgehead atoms. The van der Waals surface area contributed by atoms with Crippen molar-refractivity contribution in [3.63, 3.8) is 0 Å². The summed E-state index contributed by atoms with van der Waals surface area (Å²) in [5.41, 5.74) is 1.77. The van der Waals surface area contributed by atoms with Crippen LogP contribution in [-0.4, -0.2) is 23.2 Å². The van der Waals surface area contributed by atoms with Crippen molar-refractivity contribution in [2.24, 2.45) is 0 Å². The normalized spacial score (nSPS) is 18.4. The summed E-state index contributed by atoms with van der Waals surface area (Å²) in [7, 11) is 0. The highest BCUT2D eigenvalue weighted by atomic mass is 35.5. The zero-order valence-electron chi connectivity index (χ0n) is 17.3. The Labute approximate surface area is 190 Å². The van der Waals surface area contributed by atoms with Gasteiger partial charge in [-0.3, -0.25) is 24.6 Å². The van der Waals surface area contributed by atoms with E-state index < -0.39 is 10.8 Å². The van der Waals surface area contributed by atoms with Crippen molar-refractivity contribution in [1.29, 1.82) is 0 Å². The minimum absolute atomic E-state index is 0.0289. The van der Waals surface area contributed by atoms with E-state index in [4.69, 9.17) is 16.3 Å². The lowest BCUT2D eigenvalue weighted by Gasteiger charge is -2.38. The summed E-state index contributed by atoms with van der Waals surface area (Å²) < 4.78 is 5.52. The third-order valence-electron chi connectivity index (χ3n) is 5.70.